The molecule has 618 valence electrons. The number of aryl methyl sites for hydroxylation is 5. The van der Waals surface area contributed by atoms with Crippen molar-refractivity contribution in [1.82, 2.24) is 79.7 Å². The minimum atomic E-state index is -0.144. The predicted octanol–water partition coefficient (Wildman–Crippen LogP) is 25.6. The Bertz CT molecular complexity index is 5810. The molecule has 0 spiro atoms. The molecule has 17 nitrogen and oxygen atoms in total. The van der Waals surface area contributed by atoms with Crippen LogP contribution in [-0.4, -0.2) is 86.4 Å². The van der Waals surface area contributed by atoms with Gasteiger partial charge in [0.05, 0.1) is 29.4 Å². The second-order valence-corrected chi connectivity index (χ2v) is 32.7. The Morgan fingerprint density at radius 2 is 0.512 bits per heavy atom. The summed E-state index contributed by atoms with van der Waals surface area (Å²) in [6.45, 7) is 25.8. The fraction of sp³-hybridized carbons (Fsp3) is 0.245. The first kappa shape index (κ1) is 87.0. The van der Waals surface area contributed by atoms with Gasteiger partial charge >= 0.3 is 6.01 Å². The molecule has 16 aromatic rings. The van der Waals surface area contributed by atoms with Gasteiger partial charge in [0.15, 0.2) is 46.6 Å². The van der Waals surface area contributed by atoms with Crippen LogP contribution in [0.4, 0.5) is 0 Å². The molecule has 0 saturated heterocycles. The van der Waals surface area contributed by atoms with E-state index < -0.39 is 0 Å². The van der Waals surface area contributed by atoms with Crippen LogP contribution in [0, 0.1) is 20.8 Å². The van der Waals surface area contributed by atoms with Gasteiger partial charge in [0.2, 0.25) is 0 Å². The third kappa shape index (κ3) is 24.7. The number of pyridine rings is 4. The van der Waals surface area contributed by atoms with E-state index in [1.54, 1.807) is 6.20 Å². The van der Waals surface area contributed by atoms with Gasteiger partial charge in [-0.05, 0) is 113 Å². The fourth-order valence-corrected chi connectivity index (χ4v) is 13.3. The van der Waals surface area contributed by atoms with E-state index in [0.717, 1.165) is 120 Å². The van der Waals surface area contributed by atoms with E-state index in [1.165, 1.54) is 73.6 Å². The molecule has 0 amide bonds. The number of rotatable bonds is 25. The van der Waals surface area contributed by atoms with E-state index in [4.69, 9.17) is 54.6 Å². The van der Waals surface area contributed by atoms with E-state index in [1.807, 2.05) is 184 Å². The molecule has 0 unspecified atom stereocenters. The van der Waals surface area contributed by atoms with Gasteiger partial charge in [-0.1, -0.05) is 330 Å². The average Bonchev–Trinajstić information content (AvgIpc) is 0.773. The summed E-state index contributed by atoms with van der Waals surface area (Å²) < 4.78 is 5.51. The topological polar surface area (TPSA) is 215 Å². The monoisotopic (exact) mass is 1620 g/mol. The maximum absolute atomic E-state index is 5.51. The van der Waals surface area contributed by atoms with Gasteiger partial charge in [0, 0.05) is 102 Å². The summed E-state index contributed by atoms with van der Waals surface area (Å²) in [4.78, 5) is 74.8. The first-order valence-corrected chi connectivity index (χ1v) is 42.8. The first-order chi connectivity index (χ1) is 59.8. The highest BCUT2D eigenvalue weighted by atomic mass is 16.5. The van der Waals surface area contributed by atoms with Gasteiger partial charge in [-0.25, -0.2) is 49.8 Å². The molecule has 0 fully saturated rings. The predicted molar refractivity (Wildman–Crippen MR) is 499 cm³/mol. The lowest BCUT2D eigenvalue weighted by Gasteiger charge is -2.22. The number of aromatic nitrogens is 16. The van der Waals surface area contributed by atoms with Crippen molar-refractivity contribution in [3.63, 3.8) is 0 Å². The summed E-state index contributed by atoms with van der Waals surface area (Å²) in [5, 5.41) is 0. The first-order valence-electron chi connectivity index (χ1n) is 42.8. The van der Waals surface area contributed by atoms with Gasteiger partial charge in [-0.3, -0.25) is 19.9 Å². The van der Waals surface area contributed by atoms with Crippen LogP contribution in [0.2, 0.25) is 0 Å². The zero-order valence-corrected chi connectivity index (χ0v) is 72.8. The molecule has 8 aromatic heterocycles. The average molecular weight is 1620 g/mol. The molecule has 0 aliphatic rings. The van der Waals surface area contributed by atoms with Crippen molar-refractivity contribution in [2.24, 2.45) is 0 Å². The molecular formula is C106H108N16O. The Morgan fingerprint density at radius 1 is 0.236 bits per heavy atom. The standard InChI is InChI=1S/C38H42N4.C28H22N4.C22H26N4.C18H18N4O/c1-3-5-7-10-14-29-18-22-32(23-19-29)36-40-37(33-24-20-30(21-25-33)15-11-8-6-4-2)42-38(41-36)34-26-27-35(39-28-34)31-16-12-9-13-17-31;1-19-8-12-22(13-9-19)26-30-27(23-14-10-20(2)11-15-23)32-28(31-26)24-16-17-25(29-18-24)21-6-4-3-5-7-21;1-21(2,3)19-24-18(25-20(26-19)22(4,5)6)16-12-13-17(23-14-16)15-10-8-7-9-11-15;1-3-11-23-18-21-13(2)20-17(22-18)15-9-10-16(19-12-15)14-7-5-4-6-8-14/h9,12-13,16-28H,3-8,10-11,14-15H2,1-2H3;3-18H,1-2H3;7-14H,1-6H3;4-10,12H,3,11H2,1-2H3. The van der Waals surface area contributed by atoms with Crippen LogP contribution in [0.1, 0.15) is 160 Å². The van der Waals surface area contributed by atoms with Gasteiger partial charge in [0.25, 0.3) is 0 Å². The van der Waals surface area contributed by atoms with Crippen molar-refractivity contribution >= 4 is 0 Å². The Labute approximate surface area is 724 Å². The second-order valence-electron chi connectivity index (χ2n) is 32.7. The quantitative estimate of drug-likeness (QED) is 0.0486. The van der Waals surface area contributed by atoms with Gasteiger partial charge < -0.3 is 4.74 Å². The minimum absolute atomic E-state index is 0.144. The van der Waals surface area contributed by atoms with Gasteiger partial charge in [0.1, 0.15) is 17.5 Å². The van der Waals surface area contributed by atoms with Crippen molar-refractivity contribution < 1.29 is 4.74 Å². The molecule has 16 rings (SSSR count). The summed E-state index contributed by atoms with van der Waals surface area (Å²) >= 11 is 0. The number of ether oxygens (including phenoxy) is 1. The van der Waals surface area contributed by atoms with Crippen LogP contribution in [0.5, 0.6) is 6.01 Å². The number of unbranched alkanes of at least 4 members (excludes halogenated alkanes) is 6. The number of nitrogens with zero attached hydrogens (tertiary/aromatic N) is 16. The van der Waals surface area contributed by atoms with Crippen LogP contribution in [-0.2, 0) is 23.7 Å². The summed E-state index contributed by atoms with van der Waals surface area (Å²) in [7, 11) is 0. The lowest BCUT2D eigenvalue weighted by Crippen LogP contribution is -2.24. The molecule has 8 aromatic carbocycles. The highest BCUT2D eigenvalue weighted by Crippen LogP contribution is 2.33. The molecule has 0 aliphatic carbocycles. The number of hydrogen-bond donors (Lipinski definition) is 0. The molecule has 0 bridgehead atoms. The summed E-state index contributed by atoms with van der Waals surface area (Å²) in [6.07, 6.45) is 20.6. The van der Waals surface area contributed by atoms with Gasteiger partial charge in [-0.15, -0.1) is 0 Å². The molecule has 0 saturated carbocycles. The molecule has 17 heteroatoms. The smallest absolute Gasteiger partial charge is 0.320 e. The fourth-order valence-electron chi connectivity index (χ4n) is 13.3. The highest BCUT2D eigenvalue weighted by Gasteiger charge is 2.26. The van der Waals surface area contributed by atoms with E-state index in [0.29, 0.717) is 65.0 Å². The Morgan fingerprint density at radius 3 is 0.789 bits per heavy atom. The lowest BCUT2D eigenvalue weighted by atomic mass is 9.93. The zero-order chi connectivity index (χ0) is 85.9. The maximum atomic E-state index is 5.51. The van der Waals surface area contributed by atoms with Crippen molar-refractivity contribution in [3.8, 4) is 142 Å². The van der Waals surface area contributed by atoms with Crippen molar-refractivity contribution in [1.29, 1.82) is 0 Å². The Balaban J connectivity index is 0.000000145. The molecule has 123 heavy (non-hydrogen) atoms. The van der Waals surface area contributed by atoms with E-state index in [-0.39, 0.29) is 10.8 Å². The SMILES string of the molecule is CC(C)(C)c1nc(-c2ccc(-c3ccccc3)nc2)nc(C(C)(C)C)n1.CCCCCCc1ccc(-c2nc(-c3ccc(CCCCCC)cc3)nc(-c3ccc(-c4ccccc4)nc3)n2)cc1.CCCOc1nc(C)nc(-c2ccc(-c3ccccc3)nc2)n1.Cc1ccc(-c2nc(-c3ccc(C)cc3)nc(-c3ccc(-c4ccccc4)nc3)n2)cc1. The highest BCUT2D eigenvalue weighted by molar-refractivity contribution is 5.72. The van der Waals surface area contributed by atoms with Crippen LogP contribution in [0.15, 0.2) is 292 Å². The molecule has 0 atom stereocenters. The summed E-state index contributed by atoms with van der Waals surface area (Å²) in [5.74, 6) is 7.42. The van der Waals surface area contributed by atoms with Crippen LogP contribution >= 0.6 is 0 Å². The van der Waals surface area contributed by atoms with Crippen LogP contribution in [0.25, 0.3) is 136 Å². The number of hydrogen-bond acceptors (Lipinski definition) is 17. The molecule has 0 aliphatic heterocycles. The van der Waals surface area contributed by atoms with Crippen molar-refractivity contribution in [2.45, 2.75) is 165 Å². The van der Waals surface area contributed by atoms with Crippen LogP contribution < -0.4 is 4.74 Å². The molecule has 8 heterocycles. The second kappa shape index (κ2) is 42.4. The maximum Gasteiger partial charge on any atom is 0.320 e. The Hall–Kier alpha value is -13.8. The summed E-state index contributed by atoms with van der Waals surface area (Å²) in [5.41, 5.74) is 20.3. The van der Waals surface area contributed by atoms with Crippen LogP contribution in [0.3, 0.4) is 0 Å². The molecular weight excluding hydrogens is 1510 g/mol. The largest absolute Gasteiger partial charge is 0.463 e. The van der Waals surface area contributed by atoms with Crippen molar-refractivity contribution in [2.75, 3.05) is 6.61 Å². The van der Waals surface area contributed by atoms with E-state index in [2.05, 4.69) is 214 Å². The Kier molecular flexibility index (Phi) is 30.0. The lowest BCUT2D eigenvalue weighted by molar-refractivity contribution is 0.291. The third-order valence-corrected chi connectivity index (χ3v) is 20.5. The normalized spacial score (nSPS) is 11.2. The van der Waals surface area contributed by atoms with E-state index in [9.17, 15) is 0 Å². The molecule has 0 radical (unpaired) electrons. The van der Waals surface area contributed by atoms with E-state index >= 15 is 0 Å². The zero-order valence-electron chi connectivity index (χ0n) is 72.8. The minimum Gasteiger partial charge on any atom is -0.463 e. The summed E-state index contributed by atoms with van der Waals surface area (Å²) in [6, 6.07) is 90.9. The van der Waals surface area contributed by atoms with Crippen molar-refractivity contribution in [3.05, 3.63) is 331 Å². The molecule has 0 N–H and O–H groups in total. The number of benzene rings is 8. The van der Waals surface area contributed by atoms with Gasteiger partial charge in [-0.2, -0.15) is 9.97 Å². The third-order valence-electron chi connectivity index (χ3n) is 20.5.